The molecule has 1 heterocycles. The Hall–Kier alpha value is -1.75. The number of rotatable bonds is 7. The minimum absolute atomic E-state index is 0.105. The van der Waals surface area contributed by atoms with E-state index in [1.165, 1.54) is 0 Å². The number of carboxylic acid groups (broad SMARTS) is 1. The molecule has 0 aliphatic heterocycles. The Labute approximate surface area is 119 Å². The molecule has 0 saturated carbocycles. The second kappa shape index (κ2) is 6.61. The summed E-state index contributed by atoms with van der Waals surface area (Å²) in [6, 6.07) is 3.40. The van der Waals surface area contributed by atoms with Crippen molar-refractivity contribution >= 4 is 11.8 Å². The van der Waals surface area contributed by atoms with Crippen LogP contribution in [0.3, 0.4) is 0 Å². The maximum Gasteiger partial charge on any atom is 0.309 e. The SMILES string of the molecule is COC(C)c1ncccc1C(=O)CCC(C)(C)C(=O)O. The summed E-state index contributed by atoms with van der Waals surface area (Å²) < 4.78 is 5.20. The fraction of sp³-hybridized carbons (Fsp3) is 0.533. The van der Waals surface area contributed by atoms with E-state index in [0.717, 1.165) is 0 Å². The van der Waals surface area contributed by atoms with Crippen LogP contribution in [0.5, 0.6) is 0 Å². The van der Waals surface area contributed by atoms with Gasteiger partial charge in [-0.25, -0.2) is 0 Å². The summed E-state index contributed by atoms with van der Waals surface area (Å²) in [5, 5.41) is 9.06. The molecule has 0 fully saturated rings. The Bertz CT molecular complexity index is 496. The van der Waals surface area contributed by atoms with Gasteiger partial charge in [0.15, 0.2) is 5.78 Å². The molecule has 0 radical (unpaired) electrons. The summed E-state index contributed by atoms with van der Waals surface area (Å²) in [6.45, 7) is 5.05. The molecule has 0 aliphatic rings. The van der Waals surface area contributed by atoms with Gasteiger partial charge >= 0.3 is 5.97 Å². The summed E-state index contributed by atoms with van der Waals surface area (Å²) in [4.78, 5) is 27.5. The molecule has 1 aromatic heterocycles. The van der Waals surface area contributed by atoms with Crippen molar-refractivity contribution in [1.29, 1.82) is 0 Å². The summed E-state index contributed by atoms with van der Waals surface area (Å²) >= 11 is 0. The number of pyridine rings is 1. The van der Waals surface area contributed by atoms with Crippen molar-refractivity contribution in [3.63, 3.8) is 0 Å². The van der Waals surface area contributed by atoms with Crippen LogP contribution in [-0.4, -0.2) is 29.0 Å². The smallest absolute Gasteiger partial charge is 0.309 e. The topological polar surface area (TPSA) is 76.5 Å². The minimum atomic E-state index is -0.912. The summed E-state index contributed by atoms with van der Waals surface area (Å²) in [6.07, 6.45) is 1.80. The van der Waals surface area contributed by atoms with Gasteiger partial charge in [0.1, 0.15) is 0 Å². The Morgan fingerprint density at radius 2 is 2.10 bits per heavy atom. The normalized spacial score (nSPS) is 13.0. The van der Waals surface area contributed by atoms with Gasteiger partial charge in [0.2, 0.25) is 0 Å². The highest BCUT2D eigenvalue weighted by Crippen LogP contribution is 2.25. The van der Waals surface area contributed by atoms with Crippen molar-refractivity contribution in [3.8, 4) is 0 Å². The fourth-order valence-corrected chi connectivity index (χ4v) is 1.76. The highest BCUT2D eigenvalue weighted by atomic mass is 16.5. The van der Waals surface area contributed by atoms with Crippen LogP contribution < -0.4 is 0 Å². The molecule has 20 heavy (non-hydrogen) atoms. The first-order valence-electron chi connectivity index (χ1n) is 6.54. The third-order valence-electron chi connectivity index (χ3n) is 3.43. The number of ketones is 1. The van der Waals surface area contributed by atoms with Gasteiger partial charge in [0.05, 0.1) is 17.2 Å². The summed E-state index contributed by atoms with van der Waals surface area (Å²) in [7, 11) is 1.56. The number of ether oxygens (including phenoxy) is 1. The number of carboxylic acids is 1. The van der Waals surface area contributed by atoms with E-state index in [-0.39, 0.29) is 24.7 Å². The van der Waals surface area contributed by atoms with Crippen molar-refractivity contribution in [3.05, 3.63) is 29.6 Å². The lowest BCUT2D eigenvalue weighted by Crippen LogP contribution is -2.24. The van der Waals surface area contributed by atoms with Gasteiger partial charge in [0, 0.05) is 25.3 Å². The first kappa shape index (κ1) is 16.3. The van der Waals surface area contributed by atoms with Crippen LogP contribution in [0, 0.1) is 5.41 Å². The molecule has 0 saturated heterocycles. The van der Waals surface area contributed by atoms with E-state index in [2.05, 4.69) is 4.98 Å². The van der Waals surface area contributed by atoms with Crippen LogP contribution in [0.15, 0.2) is 18.3 Å². The van der Waals surface area contributed by atoms with Crippen LogP contribution in [0.1, 0.15) is 55.8 Å². The maximum absolute atomic E-state index is 12.3. The number of hydrogen-bond donors (Lipinski definition) is 1. The van der Waals surface area contributed by atoms with E-state index in [1.807, 2.05) is 6.92 Å². The van der Waals surface area contributed by atoms with E-state index in [1.54, 1.807) is 39.3 Å². The quantitative estimate of drug-likeness (QED) is 0.777. The van der Waals surface area contributed by atoms with E-state index >= 15 is 0 Å². The second-order valence-corrected chi connectivity index (χ2v) is 5.43. The van der Waals surface area contributed by atoms with Gasteiger partial charge in [0.25, 0.3) is 0 Å². The van der Waals surface area contributed by atoms with Crippen molar-refractivity contribution in [2.45, 2.75) is 39.7 Å². The van der Waals surface area contributed by atoms with E-state index < -0.39 is 11.4 Å². The molecule has 0 aliphatic carbocycles. The molecule has 0 aromatic carbocycles. The molecular weight excluding hydrogens is 258 g/mol. The molecular formula is C15H21NO4. The van der Waals surface area contributed by atoms with Gasteiger partial charge in [-0.05, 0) is 39.3 Å². The molecule has 0 bridgehead atoms. The van der Waals surface area contributed by atoms with Gasteiger partial charge in [-0.2, -0.15) is 0 Å². The number of Topliss-reactive ketones (excluding diaryl/α,β-unsaturated/α-hetero) is 1. The predicted molar refractivity (Wildman–Crippen MR) is 74.6 cm³/mol. The van der Waals surface area contributed by atoms with Crippen molar-refractivity contribution in [1.82, 2.24) is 4.98 Å². The number of aliphatic carboxylic acids is 1. The summed E-state index contributed by atoms with van der Waals surface area (Å²) in [5.41, 5.74) is 0.182. The second-order valence-electron chi connectivity index (χ2n) is 5.43. The Kier molecular flexibility index (Phi) is 5.39. The number of nitrogens with zero attached hydrogens (tertiary/aromatic N) is 1. The number of hydrogen-bond acceptors (Lipinski definition) is 4. The summed E-state index contributed by atoms with van der Waals surface area (Å²) in [5.74, 6) is -1.01. The molecule has 1 unspecified atom stereocenters. The van der Waals surface area contributed by atoms with Gasteiger partial charge in [-0.3, -0.25) is 14.6 Å². The van der Waals surface area contributed by atoms with Gasteiger partial charge < -0.3 is 9.84 Å². The molecule has 1 N–H and O–H groups in total. The first-order chi connectivity index (χ1) is 9.29. The standard InChI is InChI=1S/C15H21NO4/c1-10(20-4)13-11(6-5-9-16-13)12(17)7-8-15(2,3)14(18)19/h5-6,9-10H,7-8H2,1-4H3,(H,18,19). The number of methoxy groups -OCH3 is 1. The van der Waals surface area contributed by atoms with E-state index in [0.29, 0.717) is 11.3 Å². The van der Waals surface area contributed by atoms with E-state index in [4.69, 9.17) is 9.84 Å². The zero-order valence-electron chi connectivity index (χ0n) is 12.3. The Balaban J connectivity index is 2.86. The zero-order chi connectivity index (χ0) is 15.3. The monoisotopic (exact) mass is 279 g/mol. The zero-order valence-corrected chi connectivity index (χ0v) is 12.3. The molecule has 5 heteroatoms. The molecule has 0 spiro atoms. The average molecular weight is 279 g/mol. The molecule has 0 amide bonds. The largest absolute Gasteiger partial charge is 0.481 e. The highest BCUT2D eigenvalue weighted by Gasteiger charge is 2.28. The van der Waals surface area contributed by atoms with Crippen LogP contribution in [0.4, 0.5) is 0 Å². The molecule has 5 nitrogen and oxygen atoms in total. The number of aromatic nitrogens is 1. The minimum Gasteiger partial charge on any atom is -0.481 e. The van der Waals surface area contributed by atoms with Crippen molar-refractivity contribution < 1.29 is 19.4 Å². The third kappa shape index (κ3) is 3.87. The van der Waals surface area contributed by atoms with Crippen LogP contribution >= 0.6 is 0 Å². The molecule has 1 rings (SSSR count). The maximum atomic E-state index is 12.3. The van der Waals surface area contributed by atoms with Gasteiger partial charge in [-0.15, -0.1) is 0 Å². The van der Waals surface area contributed by atoms with Gasteiger partial charge in [-0.1, -0.05) is 0 Å². The fourth-order valence-electron chi connectivity index (χ4n) is 1.76. The molecule has 1 aromatic rings. The van der Waals surface area contributed by atoms with Crippen LogP contribution in [0.25, 0.3) is 0 Å². The van der Waals surface area contributed by atoms with E-state index in [9.17, 15) is 9.59 Å². The molecule has 110 valence electrons. The first-order valence-corrected chi connectivity index (χ1v) is 6.54. The lowest BCUT2D eigenvalue weighted by molar-refractivity contribution is -0.147. The Morgan fingerprint density at radius 3 is 2.65 bits per heavy atom. The van der Waals surface area contributed by atoms with Crippen LogP contribution in [0.2, 0.25) is 0 Å². The van der Waals surface area contributed by atoms with Crippen molar-refractivity contribution in [2.24, 2.45) is 5.41 Å². The lowest BCUT2D eigenvalue weighted by atomic mass is 9.86. The predicted octanol–water partition coefficient (Wildman–Crippen LogP) is 2.86. The van der Waals surface area contributed by atoms with Crippen molar-refractivity contribution in [2.75, 3.05) is 7.11 Å². The third-order valence-corrected chi connectivity index (χ3v) is 3.43. The Morgan fingerprint density at radius 1 is 1.45 bits per heavy atom. The molecule has 1 atom stereocenters. The number of carbonyl (C=O) groups is 2. The number of carbonyl (C=O) groups excluding carboxylic acids is 1. The average Bonchev–Trinajstić information content (AvgIpc) is 2.43. The highest BCUT2D eigenvalue weighted by molar-refractivity contribution is 5.97. The van der Waals surface area contributed by atoms with Crippen LogP contribution in [-0.2, 0) is 9.53 Å². The lowest BCUT2D eigenvalue weighted by Gasteiger charge is -2.19.